The average molecular weight is 216 g/mol. The van der Waals surface area contributed by atoms with Crippen LogP contribution in [-0.2, 0) is 0 Å². The fraction of sp³-hybridized carbons (Fsp3) is 0.308. The van der Waals surface area contributed by atoms with E-state index in [1.54, 1.807) is 7.11 Å². The fourth-order valence-electron chi connectivity index (χ4n) is 2.12. The summed E-state index contributed by atoms with van der Waals surface area (Å²) < 4.78 is 10.7. The van der Waals surface area contributed by atoms with Crippen LogP contribution in [-0.4, -0.2) is 13.4 Å². The zero-order valence-electron chi connectivity index (χ0n) is 9.03. The van der Waals surface area contributed by atoms with E-state index in [0.717, 1.165) is 41.4 Å². The largest absolute Gasteiger partial charge is 0.497 e. The van der Waals surface area contributed by atoms with E-state index < -0.39 is 0 Å². The van der Waals surface area contributed by atoms with Crippen molar-refractivity contribution in [3.8, 4) is 5.75 Å². The summed E-state index contributed by atoms with van der Waals surface area (Å²) in [5.74, 6) is 1.74. The van der Waals surface area contributed by atoms with E-state index >= 15 is 0 Å². The number of hydrogen-bond acceptors (Lipinski definition) is 3. The highest BCUT2D eigenvalue weighted by molar-refractivity contribution is 5.91. The number of hydrogen-bond donors (Lipinski definition) is 0. The third-order valence-electron chi connectivity index (χ3n) is 3.06. The predicted molar refractivity (Wildman–Crippen MR) is 60.1 cm³/mol. The van der Waals surface area contributed by atoms with Crippen LogP contribution in [0.3, 0.4) is 0 Å². The number of ether oxygens (including phenoxy) is 1. The molecule has 1 heterocycles. The normalized spacial score (nSPS) is 15.3. The van der Waals surface area contributed by atoms with Crippen LogP contribution in [0.2, 0.25) is 0 Å². The Morgan fingerprint density at radius 3 is 2.88 bits per heavy atom. The molecule has 0 unspecified atom stereocenters. The van der Waals surface area contributed by atoms with Crippen LogP contribution in [0.5, 0.6) is 5.75 Å². The Hall–Kier alpha value is -1.77. The molecule has 1 aromatic carbocycles. The van der Waals surface area contributed by atoms with E-state index in [4.69, 9.17) is 9.15 Å². The first-order valence-corrected chi connectivity index (χ1v) is 5.39. The molecule has 2 aromatic rings. The van der Waals surface area contributed by atoms with Crippen molar-refractivity contribution < 1.29 is 13.9 Å². The van der Waals surface area contributed by atoms with Gasteiger partial charge in [-0.1, -0.05) is 0 Å². The third kappa shape index (κ3) is 1.32. The minimum Gasteiger partial charge on any atom is -0.497 e. The molecule has 0 amide bonds. The third-order valence-corrected chi connectivity index (χ3v) is 3.06. The van der Waals surface area contributed by atoms with E-state index in [1.165, 1.54) is 0 Å². The topological polar surface area (TPSA) is 39.4 Å². The summed E-state index contributed by atoms with van der Waals surface area (Å²) in [6.45, 7) is 0. The van der Waals surface area contributed by atoms with Crippen LogP contribution >= 0.6 is 0 Å². The fourth-order valence-corrected chi connectivity index (χ4v) is 2.12. The Kier molecular flexibility index (Phi) is 1.99. The number of rotatable bonds is 3. The molecular formula is C13H12O3. The summed E-state index contributed by atoms with van der Waals surface area (Å²) in [6.07, 6.45) is 3.11. The Morgan fingerprint density at radius 1 is 1.44 bits per heavy atom. The van der Waals surface area contributed by atoms with Crippen LogP contribution in [0, 0.1) is 0 Å². The highest BCUT2D eigenvalue weighted by atomic mass is 16.5. The van der Waals surface area contributed by atoms with E-state index in [9.17, 15) is 4.79 Å². The van der Waals surface area contributed by atoms with Gasteiger partial charge < -0.3 is 9.15 Å². The molecule has 16 heavy (non-hydrogen) atoms. The molecule has 1 saturated carbocycles. The van der Waals surface area contributed by atoms with Gasteiger partial charge in [0.25, 0.3) is 0 Å². The van der Waals surface area contributed by atoms with Crippen LogP contribution in [0.25, 0.3) is 11.0 Å². The van der Waals surface area contributed by atoms with Gasteiger partial charge in [-0.15, -0.1) is 0 Å². The first kappa shape index (κ1) is 9.46. The quantitative estimate of drug-likeness (QED) is 0.740. The summed E-state index contributed by atoms with van der Waals surface area (Å²) in [4.78, 5) is 11.0. The number of furan rings is 1. The molecule has 1 aromatic heterocycles. The zero-order valence-corrected chi connectivity index (χ0v) is 9.03. The highest BCUT2D eigenvalue weighted by Crippen LogP contribution is 2.46. The molecule has 1 fully saturated rings. The SMILES string of the molecule is COc1ccc2c(C3CC3)c(C=O)oc2c1. The molecule has 82 valence electrons. The van der Waals surface area contributed by atoms with Crippen LogP contribution in [0.1, 0.15) is 34.9 Å². The maximum absolute atomic E-state index is 11.0. The zero-order chi connectivity index (χ0) is 11.1. The summed E-state index contributed by atoms with van der Waals surface area (Å²) >= 11 is 0. The minimum absolute atomic E-state index is 0.478. The van der Waals surface area contributed by atoms with Crippen LogP contribution in [0.15, 0.2) is 22.6 Å². The van der Waals surface area contributed by atoms with E-state index in [-0.39, 0.29) is 0 Å². The Bertz CT molecular complexity index is 550. The Labute approximate surface area is 93.0 Å². The van der Waals surface area contributed by atoms with Gasteiger partial charge in [0.05, 0.1) is 7.11 Å². The summed E-state index contributed by atoms with van der Waals surface area (Å²) in [5, 5.41) is 1.05. The van der Waals surface area contributed by atoms with Crippen molar-refractivity contribution in [3.63, 3.8) is 0 Å². The molecule has 0 bridgehead atoms. The maximum atomic E-state index is 11.0. The lowest BCUT2D eigenvalue weighted by atomic mass is 10.1. The maximum Gasteiger partial charge on any atom is 0.185 e. The summed E-state index contributed by atoms with van der Waals surface area (Å²) in [5.41, 5.74) is 1.82. The van der Waals surface area contributed by atoms with Gasteiger partial charge in [0.15, 0.2) is 12.0 Å². The average Bonchev–Trinajstić information content (AvgIpc) is 3.08. The van der Waals surface area contributed by atoms with Crippen molar-refractivity contribution in [2.75, 3.05) is 7.11 Å². The summed E-state index contributed by atoms with van der Waals surface area (Å²) in [6, 6.07) is 5.70. The number of methoxy groups -OCH3 is 1. The first-order valence-electron chi connectivity index (χ1n) is 5.39. The molecular weight excluding hydrogens is 204 g/mol. The van der Waals surface area contributed by atoms with Gasteiger partial charge in [0.2, 0.25) is 0 Å². The number of aldehydes is 1. The van der Waals surface area contributed by atoms with Crippen molar-refractivity contribution in [2.24, 2.45) is 0 Å². The van der Waals surface area contributed by atoms with E-state index in [0.29, 0.717) is 11.7 Å². The molecule has 0 atom stereocenters. The number of carbonyl (C=O) groups excluding carboxylic acids is 1. The number of carbonyl (C=O) groups is 1. The summed E-state index contributed by atoms with van der Waals surface area (Å²) in [7, 11) is 1.62. The van der Waals surface area contributed by atoms with Gasteiger partial charge in [-0.25, -0.2) is 0 Å². The molecule has 1 aliphatic carbocycles. The Balaban J connectivity index is 2.25. The van der Waals surface area contributed by atoms with Crippen molar-refractivity contribution >= 4 is 17.3 Å². The molecule has 3 rings (SSSR count). The highest BCUT2D eigenvalue weighted by Gasteiger charge is 2.30. The molecule has 0 saturated heterocycles. The van der Waals surface area contributed by atoms with Crippen molar-refractivity contribution in [1.29, 1.82) is 0 Å². The lowest BCUT2D eigenvalue weighted by Gasteiger charge is -1.98. The molecule has 0 aliphatic heterocycles. The lowest BCUT2D eigenvalue weighted by Crippen LogP contribution is -1.84. The van der Waals surface area contributed by atoms with Gasteiger partial charge in [-0.3, -0.25) is 4.79 Å². The van der Waals surface area contributed by atoms with E-state index in [1.807, 2.05) is 18.2 Å². The standard InChI is InChI=1S/C13H12O3/c1-15-9-4-5-10-11(6-9)16-12(7-14)13(10)8-2-3-8/h4-8H,2-3H2,1H3. The molecule has 0 radical (unpaired) electrons. The van der Waals surface area contributed by atoms with Crippen molar-refractivity contribution in [3.05, 3.63) is 29.5 Å². The first-order chi connectivity index (χ1) is 7.83. The van der Waals surface area contributed by atoms with Crippen LogP contribution < -0.4 is 4.74 Å². The molecule has 0 spiro atoms. The van der Waals surface area contributed by atoms with Gasteiger partial charge in [0, 0.05) is 17.0 Å². The van der Waals surface area contributed by atoms with Gasteiger partial charge in [0.1, 0.15) is 11.3 Å². The van der Waals surface area contributed by atoms with Gasteiger partial charge in [-0.2, -0.15) is 0 Å². The van der Waals surface area contributed by atoms with E-state index in [2.05, 4.69) is 0 Å². The second kappa shape index (κ2) is 3.37. The van der Waals surface area contributed by atoms with Gasteiger partial charge >= 0.3 is 0 Å². The molecule has 3 nitrogen and oxygen atoms in total. The number of fused-ring (bicyclic) bond motifs is 1. The van der Waals surface area contributed by atoms with Crippen molar-refractivity contribution in [2.45, 2.75) is 18.8 Å². The smallest absolute Gasteiger partial charge is 0.185 e. The monoisotopic (exact) mass is 216 g/mol. The van der Waals surface area contributed by atoms with Crippen LogP contribution in [0.4, 0.5) is 0 Å². The Morgan fingerprint density at radius 2 is 2.25 bits per heavy atom. The second-order valence-corrected chi connectivity index (χ2v) is 4.13. The van der Waals surface area contributed by atoms with Gasteiger partial charge in [-0.05, 0) is 30.9 Å². The minimum atomic E-state index is 0.478. The molecule has 1 aliphatic rings. The molecule has 0 N–H and O–H groups in total. The predicted octanol–water partition coefficient (Wildman–Crippen LogP) is 3.13. The van der Waals surface area contributed by atoms with Crippen molar-refractivity contribution in [1.82, 2.24) is 0 Å². The lowest BCUT2D eigenvalue weighted by molar-refractivity contribution is 0.110. The second-order valence-electron chi connectivity index (χ2n) is 4.13. The number of benzene rings is 1. The molecule has 3 heteroatoms.